The quantitative estimate of drug-likeness (QED) is 0.390. The number of nitrogens with zero attached hydrogens (tertiary/aromatic N) is 1. The fourth-order valence-electron chi connectivity index (χ4n) is 1.29. The molecule has 0 aliphatic carbocycles. The summed E-state index contributed by atoms with van der Waals surface area (Å²) in [6, 6.07) is -0.471. The lowest BCUT2D eigenvalue weighted by atomic mass is 10.1. The smallest absolute Gasteiger partial charge is 0.219 e. The highest BCUT2D eigenvalue weighted by atomic mass is 31.0. The van der Waals surface area contributed by atoms with Gasteiger partial charge in [-0.25, -0.2) is 0 Å². The van der Waals surface area contributed by atoms with Crippen LogP contribution >= 0.6 is 9.24 Å². The molecule has 3 atom stereocenters. The second-order valence-corrected chi connectivity index (χ2v) is 4.03. The summed E-state index contributed by atoms with van der Waals surface area (Å²) in [4.78, 5) is 10.4. The van der Waals surface area contributed by atoms with E-state index in [1.54, 1.807) is 0 Å². The zero-order valence-corrected chi connectivity index (χ0v) is 9.13. The lowest BCUT2D eigenvalue weighted by Crippen LogP contribution is -2.29. The van der Waals surface area contributed by atoms with Crippen molar-refractivity contribution in [1.82, 2.24) is 0 Å². The number of hydrogen-bond donors (Lipinski definition) is 1. The highest BCUT2D eigenvalue weighted by molar-refractivity contribution is 7.17. The third-order valence-corrected chi connectivity index (χ3v) is 2.82. The Balaban J connectivity index is 3.95. The molecule has 0 aliphatic rings. The summed E-state index contributed by atoms with van der Waals surface area (Å²) in [7, 11) is 2.51. The van der Waals surface area contributed by atoms with Crippen molar-refractivity contribution in [2.24, 2.45) is 0 Å². The van der Waals surface area contributed by atoms with Crippen LogP contribution in [0, 0.1) is 10.1 Å². The molecule has 0 aromatic carbocycles. The Morgan fingerprint density at radius 1 is 1.54 bits per heavy atom. The lowest BCUT2D eigenvalue weighted by molar-refractivity contribution is -0.523. The standard InChI is InChI=1S/C8H18NO3P/c1-2-4-7(9(11)12)8(13)5-3-6-10/h7-8,10H,2-6,13H2,1H3. The molecule has 0 saturated heterocycles. The summed E-state index contributed by atoms with van der Waals surface area (Å²) in [5.74, 6) is 0. The monoisotopic (exact) mass is 207 g/mol. The second-order valence-electron chi connectivity index (χ2n) is 3.17. The minimum atomic E-state index is -0.471. The Bertz CT molecular complexity index is 154. The van der Waals surface area contributed by atoms with Crippen molar-refractivity contribution >= 4 is 9.24 Å². The molecule has 0 bridgehead atoms. The second kappa shape index (κ2) is 7.22. The largest absolute Gasteiger partial charge is 0.396 e. The molecule has 0 aromatic rings. The van der Waals surface area contributed by atoms with Gasteiger partial charge in [-0.15, -0.1) is 9.24 Å². The van der Waals surface area contributed by atoms with Gasteiger partial charge in [0.25, 0.3) is 0 Å². The van der Waals surface area contributed by atoms with Crippen molar-refractivity contribution in [2.75, 3.05) is 6.61 Å². The molecule has 3 unspecified atom stereocenters. The van der Waals surface area contributed by atoms with Gasteiger partial charge in [-0.3, -0.25) is 10.1 Å². The van der Waals surface area contributed by atoms with E-state index in [-0.39, 0.29) is 17.2 Å². The molecule has 0 spiro atoms. The van der Waals surface area contributed by atoms with Crippen molar-refractivity contribution in [3.05, 3.63) is 10.1 Å². The molecule has 0 aromatic heterocycles. The summed E-state index contributed by atoms with van der Waals surface area (Å²) >= 11 is 0. The van der Waals surface area contributed by atoms with Gasteiger partial charge < -0.3 is 5.11 Å². The van der Waals surface area contributed by atoms with Crippen molar-refractivity contribution in [2.45, 2.75) is 44.3 Å². The molecule has 1 N–H and O–H groups in total. The summed E-state index contributed by atoms with van der Waals surface area (Å²) in [5.41, 5.74) is -0.0119. The van der Waals surface area contributed by atoms with Gasteiger partial charge in [-0.2, -0.15) is 0 Å². The van der Waals surface area contributed by atoms with Crippen molar-refractivity contribution in [3.63, 3.8) is 0 Å². The van der Waals surface area contributed by atoms with Crippen LogP contribution in [0.4, 0.5) is 0 Å². The molecule has 0 radical (unpaired) electrons. The summed E-state index contributed by atoms with van der Waals surface area (Å²) in [6.07, 6.45) is 2.79. The van der Waals surface area contributed by atoms with E-state index in [9.17, 15) is 10.1 Å². The first-order valence-corrected chi connectivity index (χ1v) is 5.30. The van der Waals surface area contributed by atoms with Crippen LogP contribution in [-0.4, -0.2) is 28.3 Å². The van der Waals surface area contributed by atoms with Crippen molar-refractivity contribution in [1.29, 1.82) is 0 Å². The van der Waals surface area contributed by atoms with Crippen LogP contribution in [0.1, 0.15) is 32.6 Å². The SMILES string of the molecule is CCCC(C(P)CCCO)[N+](=O)[O-]. The lowest BCUT2D eigenvalue weighted by Gasteiger charge is -2.15. The number of rotatable bonds is 7. The van der Waals surface area contributed by atoms with Crippen LogP contribution in [0.25, 0.3) is 0 Å². The fraction of sp³-hybridized carbons (Fsp3) is 1.00. The van der Waals surface area contributed by atoms with Crippen LogP contribution in [0.2, 0.25) is 0 Å². The van der Waals surface area contributed by atoms with E-state index >= 15 is 0 Å². The van der Waals surface area contributed by atoms with E-state index in [0.29, 0.717) is 19.3 Å². The zero-order valence-electron chi connectivity index (χ0n) is 7.98. The summed E-state index contributed by atoms with van der Waals surface area (Å²) in [6.45, 7) is 2.06. The summed E-state index contributed by atoms with van der Waals surface area (Å²) in [5, 5.41) is 19.2. The average molecular weight is 207 g/mol. The van der Waals surface area contributed by atoms with E-state index in [4.69, 9.17) is 5.11 Å². The van der Waals surface area contributed by atoms with Gasteiger partial charge in [0.2, 0.25) is 6.04 Å². The Labute approximate surface area is 81.1 Å². The first kappa shape index (κ1) is 12.8. The van der Waals surface area contributed by atoms with Crippen LogP contribution in [0.15, 0.2) is 0 Å². The van der Waals surface area contributed by atoms with Gasteiger partial charge in [0, 0.05) is 23.6 Å². The van der Waals surface area contributed by atoms with E-state index in [1.165, 1.54) is 0 Å². The summed E-state index contributed by atoms with van der Waals surface area (Å²) < 4.78 is 0. The molecule has 0 rings (SSSR count). The molecule has 0 heterocycles. The van der Waals surface area contributed by atoms with Gasteiger partial charge in [-0.05, 0) is 19.3 Å². The Kier molecular flexibility index (Phi) is 7.10. The minimum absolute atomic E-state index is 0.0119. The van der Waals surface area contributed by atoms with Gasteiger partial charge >= 0.3 is 0 Å². The predicted molar refractivity (Wildman–Crippen MR) is 55.5 cm³/mol. The normalized spacial score (nSPS) is 15.3. The maximum Gasteiger partial charge on any atom is 0.219 e. The predicted octanol–water partition coefficient (Wildman–Crippen LogP) is 1.45. The number of aliphatic hydroxyl groups is 1. The Morgan fingerprint density at radius 2 is 2.15 bits per heavy atom. The first-order chi connectivity index (χ1) is 6.13. The number of nitro groups is 1. The van der Waals surface area contributed by atoms with Gasteiger partial charge in [0.05, 0.1) is 0 Å². The molecule has 5 heteroatoms. The third kappa shape index (κ3) is 5.17. The molecule has 0 fully saturated rings. The molecular formula is C8H18NO3P. The van der Waals surface area contributed by atoms with Gasteiger partial charge in [0.1, 0.15) is 0 Å². The maximum atomic E-state index is 10.6. The van der Waals surface area contributed by atoms with E-state index < -0.39 is 6.04 Å². The molecule has 0 aliphatic heterocycles. The molecule has 0 amide bonds. The maximum absolute atomic E-state index is 10.6. The third-order valence-electron chi connectivity index (χ3n) is 2.05. The highest BCUT2D eigenvalue weighted by Gasteiger charge is 2.26. The highest BCUT2D eigenvalue weighted by Crippen LogP contribution is 2.18. The first-order valence-electron chi connectivity index (χ1n) is 4.63. The fourth-order valence-corrected chi connectivity index (χ4v) is 1.86. The van der Waals surface area contributed by atoms with Crippen LogP contribution < -0.4 is 0 Å². The van der Waals surface area contributed by atoms with Crippen LogP contribution in [0.5, 0.6) is 0 Å². The molecule has 0 saturated carbocycles. The zero-order chi connectivity index (χ0) is 10.3. The van der Waals surface area contributed by atoms with Crippen LogP contribution in [-0.2, 0) is 0 Å². The number of hydrogen-bond acceptors (Lipinski definition) is 3. The van der Waals surface area contributed by atoms with Crippen LogP contribution in [0.3, 0.4) is 0 Å². The van der Waals surface area contributed by atoms with E-state index in [2.05, 4.69) is 9.24 Å². The molecular weight excluding hydrogens is 189 g/mol. The molecule has 4 nitrogen and oxygen atoms in total. The molecule has 78 valence electrons. The van der Waals surface area contributed by atoms with Crippen molar-refractivity contribution < 1.29 is 10.0 Å². The Hall–Kier alpha value is -0.210. The van der Waals surface area contributed by atoms with Gasteiger partial charge in [-0.1, -0.05) is 6.92 Å². The van der Waals surface area contributed by atoms with Crippen molar-refractivity contribution in [3.8, 4) is 0 Å². The molecule has 13 heavy (non-hydrogen) atoms. The number of aliphatic hydroxyl groups excluding tert-OH is 1. The average Bonchev–Trinajstić information content (AvgIpc) is 2.09. The topological polar surface area (TPSA) is 63.4 Å². The van der Waals surface area contributed by atoms with E-state index in [0.717, 1.165) is 6.42 Å². The van der Waals surface area contributed by atoms with E-state index in [1.807, 2.05) is 6.92 Å². The van der Waals surface area contributed by atoms with Gasteiger partial charge in [0.15, 0.2) is 0 Å². The minimum Gasteiger partial charge on any atom is -0.396 e. The Morgan fingerprint density at radius 3 is 2.54 bits per heavy atom.